The molecule has 0 unspecified atom stereocenters. The number of imide groups is 2. The zero-order valence-corrected chi connectivity index (χ0v) is 25.0. The van der Waals surface area contributed by atoms with Crippen molar-refractivity contribution in [2.45, 2.75) is 42.4 Å². The Kier molecular flexibility index (Phi) is 7.24. The number of anilines is 1. The van der Waals surface area contributed by atoms with Gasteiger partial charge in [-0.2, -0.15) is 0 Å². The molecule has 0 bridgehead atoms. The molecular weight excluding hydrogens is 650 g/mol. The highest BCUT2D eigenvalue weighted by molar-refractivity contribution is 6.58. The highest BCUT2D eigenvalue weighted by Crippen LogP contribution is 2.67. The number of carbonyl (C=O) groups excluding carboxylic acids is 4. The average molecular weight is 673 g/mol. The summed E-state index contributed by atoms with van der Waals surface area (Å²) < 4.78 is 78.2. The van der Waals surface area contributed by atoms with Crippen LogP contribution in [0.2, 0.25) is 0 Å². The highest BCUT2D eigenvalue weighted by Gasteiger charge is 2.77. The van der Waals surface area contributed by atoms with Crippen molar-refractivity contribution in [1.82, 2.24) is 4.90 Å². The molecule has 2 aliphatic carbocycles. The van der Waals surface area contributed by atoms with E-state index in [2.05, 4.69) is 0 Å². The van der Waals surface area contributed by atoms with E-state index in [0.717, 1.165) is 4.90 Å². The molecule has 8 nitrogen and oxygen atoms in total. The lowest BCUT2D eigenvalue weighted by molar-refractivity contribution is -0.140. The van der Waals surface area contributed by atoms with Crippen LogP contribution >= 0.6 is 23.2 Å². The van der Waals surface area contributed by atoms with Crippen LogP contribution in [0.5, 0.6) is 11.5 Å². The van der Waals surface area contributed by atoms with Crippen LogP contribution in [-0.2, 0) is 19.2 Å². The lowest BCUT2D eigenvalue weighted by Crippen LogP contribution is -2.60. The maximum atomic E-state index is 15.1. The predicted octanol–water partition coefficient (Wildman–Crippen LogP) is 5.07. The van der Waals surface area contributed by atoms with E-state index in [1.54, 1.807) is 19.9 Å². The number of phenols is 1. The summed E-state index contributed by atoms with van der Waals surface area (Å²) in [6.45, 7) is 3.36. The summed E-state index contributed by atoms with van der Waals surface area (Å²) in [7, 11) is 0. The van der Waals surface area contributed by atoms with E-state index < -0.39 is 104 Å². The number of carbonyl (C=O) groups is 4. The fourth-order valence-corrected chi connectivity index (χ4v) is 8.26. The molecule has 3 fully saturated rings. The molecule has 15 heteroatoms. The summed E-state index contributed by atoms with van der Waals surface area (Å²) in [5, 5.41) is 11.3. The van der Waals surface area contributed by atoms with Gasteiger partial charge < -0.3 is 9.84 Å². The van der Waals surface area contributed by atoms with Gasteiger partial charge >= 0.3 is 0 Å². The van der Waals surface area contributed by atoms with Crippen molar-refractivity contribution in [3.8, 4) is 11.5 Å². The average Bonchev–Trinajstić information content (AvgIpc) is 3.34. The summed E-state index contributed by atoms with van der Waals surface area (Å²) in [6.07, 6.45) is 0.930. The number of ether oxygens (including phenoxy) is 1. The van der Waals surface area contributed by atoms with Crippen molar-refractivity contribution in [2.24, 2.45) is 17.8 Å². The second-order valence-corrected chi connectivity index (χ2v) is 12.5. The minimum atomic E-state index is -2.74. The van der Waals surface area contributed by atoms with Crippen LogP contribution in [0.4, 0.5) is 27.6 Å². The van der Waals surface area contributed by atoms with Gasteiger partial charge in [0.15, 0.2) is 44.5 Å². The predicted molar refractivity (Wildman–Crippen MR) is 148 cm³/mol. The van der Waals surface area contributed by atoms with Gasteiger partial charge in [-0.3, -0.25) is 24.1 Å². The molecule has 0 aromatic heterocycles. The number of benzene rings is 2. The summed E-state index contributed by atoms with van der Waals surface area (Å²) in [4.78, 5) is 50.4. The molecule has 2 saturated heterocycles. The third-order valence-electron chi connectivity index (χ3n) is 9.27. The SMILES string of the molecule is CCOc1cccc([C@H]2C3=CC[C@@H]4C(=O)N(CC)C(=O)[C@@H]4[C@@H]3C[C@@]3(Cl)C(=O)N(c4c(F)c(F)c(F)c(F)c4F)C(=O)[C@@]23Cl)c1O. The molecule has 4 amide bonds. The maximum absolute atomic E-state index is 15.1. The number of fused-ring (bicyclic) bond motifs is 4. The molecule has 1 saturated carbocycles. The number of para-hydroxylation sites is 1. The lowest BCUT2D eigenvalue weighted by Gasteiger charge is -2.50. The molecule has 4 aliphatic rings. The van der Waals surface area contributed by atoms with Crippen molar-refractivity contribution in [2.75, 3.05) is 18.1 Å². The quantitative estimate of drug-likeness (QED) is 0.119. The zero-order valence-electron chi connectivity index (χ0n) is 23.5. The van der Waals surface area contributed by atoms with Gasteiger partial charge in [0.1, 0.15) is 5.69 Å². The van der Waals surface area contributed by atoms with Crippen molar-refractivity contribution in [3.05, 3.63) is 64.5 Å². The topological polar surface area (TPSA) is 104 Å². The van der Waals surface area contributed by atoms with Crippen molar-refractivity contribution in [1.29, 1.82) is 0 Å². The Morgan fingerprint density at radius 2 is 1.53 bits per heavy atom. The van der Waals surface area contributed by atoms with Crippen LogP contribution in [-0.4, -0.2) is 56.5 Å². The summed E-state index contributed by atoms with van der Waals surface area (Å²) >= 11 is 14.1. The summed E-state index contributed by atoms with van der Waals surface area (Å²) in [5.41, 5.74) is -1.77. The van der Waals surface area contributed by atoms with E-state index in [9.17, 15) is 37.5 Å². The fraction of sp³-hybridized carbons (Fsp3) is 0.400. The molecule has 2 heterocycles. The zero-order chi connectivity index (χ0) is 32.9. The van der Waals surface area contributed by atoms with Gasteiger partial charge in [-0.1, -0.05) is 23.8 Å². The van der Waals surface area contributed by atoms with Crippen LogP contribution in [0.3, 0.4) is 0 Å². The van der Waals surface area contributed by atoms with E-state index in [4.69, 9.17) is 27.9 Å². The highest BCUT2D eigenvalue weighted by atomic mass is 35.5. The second kappa shape index (κ2) is 10.4. The first-order valence-electron chi connectivity index (χ1n) is 14.0. The first kappa shape index (κ1) is 31.3. The molecular formula is C30H23Cl2F5N2O6. The largest absolute Gasteiger partial charge is 0.504 e. The van der Waals surface area contributed by atoms with Gasteiger partial charge in [-0.15, -0.1) is 23.2 Å². The van der Waals surface area contributed by atoms with Crippen LogP contribution in [0, 0.1) is 46.8 Å². The van der Waals surface area contributed by atoms with Crippen LogP contribution < -0.4 is 9.64 Å². The molecule has 2 aliphatic heterocycles. The smallest absolute Gasteiger partial charge is 0.258 e. The molecule has 6 atom stereocenters. The molecule has 1 N–H and O–H groups in total. The third-order valence-corrected chi connectivity index (χ3v) is 10.7. The number of nitrogens with zero attached hydrogens (tertiary/aromatic N) is 2. The number of aromatic hydroxyl groups is 1. The normalized spacial score (nSPS) is 30.8. The molecule has 238 valence electrons. The Morgan fingerprint density at radius 3 is 2.13 bits per heavy atom. The van der Waals surface area contributed by atoms with Crippen molar-refractivity contribution in [3.63, 3.8) is 0 Å². The number of rotatable bonds is 5. The molecule has 0 radical (unpaired) electrons. The minimum absolute atomic E-state index is 0.00569. The Labute approximate surface area is 262 Å². The van der Waals surface area contributed by atoms with Gasteiger partial charge in [-0.25, -0.2) is 26.9 Å². The molecule has 2 aromatic carbocycles. The van der Waals surface area contributed by atoms with Crippen LogP contribution in [0.1, 0.15) is 38.2 Å². The number of amides is 4. The van der Waals surface area contributed by atoms with Crippen LogP contribution in [0.15, 0.2) is 29.8 Å². The number of hydrogen-bond donors (Lipinski definition) is 1. The second-order valence-electron chi connectivity index (χ2n) is 11.2. The molecule has 2 aromatic rings. The molecule has 0 spiro atoms. The Morgan fingerprint density at radius 1 is 0.911 bits per heavy atom. The van der Waals surface area contributed by atoms with Gasteiger partial charge in [0, 0.05) is 18.0 Å². The van der Waals surface area contributed by atoms with Crippen molar-refractivity contribution < 1.29 is 51.0 Å². The Balaban J connectivity index is 1.63. The number of hydrogen-bond acceptors (Lipinski definition) is 6. The van der Waals surface area contributed by atoms with E-state index >= 15 is 8.78 Å². The number of phenolic OH excluding ortho intramolecular Hbond substituents is 1. The number of alkyl halides is 2. The summed E-state index contributed by atoms with van der Waals surface area (Å²) in [5.74, 6) is -21.8. The number of likely N-dealkylation sites (tertiary alicyclic amines) is 1. The van der Waals surface area contributed by atoms with E-state index in [-0.39, 0.29) is 41.4 Å². The van der Waals surface area contributed by atoms with E-state index in [1.165, 1.54) is 18.2 Å². The van der Waals surface area contributed by atoms with Crippen molar-refractivity contribution >= 4 is 52.5 Å². The number of halogens is 7. The first-order valence-corrected chi connectivity index (χ1v) is 14.7. The third kappa shape index (κ3) is 3.82. The lowest BCUT2D eigenvalue weighted by atomic mass is 9.56. The van der Waals surface area contributed by atoms with Gasteiger partial charge in [0.2, 0.25) is 17.6 Å². The Hall–Kier alpha value is -3.71. The molecule has 6 rings (SSSR count). The van der Waals surface area contributed by atoms with Gasteiger partial charge in [0.25, 0.3) is 11.8 Å². The number of allylic oxidation sites excluding steroid dienone is 2. The standard InChI is InChI=1S/C30H23Cl2F5N2O6/c1-3-38-25(41)12-9-8-11-14(16(12)26(38)42)10-29(31)27(43)39(23-21(36)19(34)18(33)20(35)22(23)37)28(44)30(29,32)17(11)13-6-5-7-15(24(13)40)45-4-2/h5-8,12,14,16-17,40H,3-4,9-10H2,1-2H3/t12-,14+,16-,17+,29+,30-/m0/s1. The fourth-order valence-electron chi connectivity index (χ4n) is 7.33. The molecule has 45 heavy (non-hydrogen) atoms. The van der Waals surface area contributed by atoms with Gasteiger partial charge in [-0.05, 0) is 38.7 Å². The monoisotopic (exact) mass is 672 g/mol. The van der Waals surface area contributed by atoms with Crippen LogP contribution in [0.25, 0.3) is 0 Å². The Bertz CT molecular complexity index is 1730. The summed E-state index contributed by atoms with van der Waals surface area (Å²) in [6, 6.07) is 4.15. The van der Waals surface area contributed by atoms with E-state index in [1.807, 2.05) is 0 Å². The first-order chi connectivity index (χ1) is 21.2. The maximum Gasteiger partial charge on any atom is 0.258 e. The van der Waals surface area contributed by atoms with Gasteiger partial charge in [0.05, 0.1) is 18.4 Å². The minimum Gasteiger partial charge on any atom is -0.504 e. The van der Waals surface area contributed by atoms with E-state index in [0.29, 0.717) is 0 Å².